The van der Waals surface area contributed by atoms with Gasteiger partial charge >= 0.3 is 5.97 Å². The summed E-state index contributed by atoms with van der Waals surface area (Å²) in [6.07, 6.45) is 0.528. The second-order valence-corrected chi connectivity index (χ2v) is 4.18. The van der Waals surface area contributed by atoms with Gasteiger partial charge in [0.05, 0.1) is 12.0 Å². The molecule has 2 rings (SSSR count). The van der Waals surface area contributed by atoms with Crippen LogP contribution in [0.2, 0.25) is 0 Å². The van der Waals surface area contributed by atoms with Crippen LogP contribution >= 0.6 is 0 Å². The van der Waals surface area contributed by atoms with E-state index in [9.17, 15) is 9.90 Å². The topological polar surface area (TPSA) is 46.5 Å². The van der Waals surface area contributed by atoms with Crippen molar-refractivity contribution in [2.24, 2.45) is 0 Å². The van der Waals surface area contributed by atoms with E-state index in [-0.39, 0.29) is 0 Å². The molecule has 3 nitrogen and oxygen atoms in total. The smallest absolute Gasteiger partial charge is 0.314 e. The van der Waals surface area contributed by atoms with Crippen LogP contribution in [0.5, 0.6) is 5.75 Å². The van der Waals surface area contributed by atoms with Gasteiger partial charge in [0, 0.05) is 12.0 Å². The van der Waals surface area contributed by atoms with E-state index >= 15 is 0 Å². The summed E-state index contributed by atoms with van der Waals surface area (Å²) in [5.41, 5.74) is 1.000. The van der Waals surface area contributed by atoms with E-state index in [0.717, 1.165) is 11.1 Å². The lowest BCUT2D eigenvalue weighted by atomic mass is 9.76. The first-order valence-electron chi connectivity index (χ1n) is 5.02. The Morgan fingerprint density at radius 1 is 1.53 bits per heavy atom. The monoisotopic (exact) mass is 206 g/mol. The molecule has 1 heterocycles. The number of aryl methyl sites for hydroxylation is 1. The number of aliphatic carboxylic acids is 1. The molecule has 0 saturated heterocycles. The Morgan fingerprint density at radius 3 is 2.93 bits per heavy atom. The zero-order chi connectivity index (χ0) is 11.1. The van der Waals surface area contributed by atoms with Crippen molar-refractivity contribution in [2.75, 3.05) is 6.61 Å². The average Bonchev–Trinajstić information content (AvgIpc) is 2.17. The van der Waals surface area contributed by atoms with Crippen molar-refractivity contribution < 1.29 is 14.6 Å². The molecule has 0 radical (unpaired) electrons. The minimum atomic E-state index is -0.807. The molecule has 0 aliphatic carbocycles. The average molecular weight is 206 g/mol. The van der Waals surface area contributed by atoms with Crippen LogP contribution in [0.25, 0.3) is 0 Å². The van der Waals surface area contributed by atoms with E-state index in [1.54, 1.807) is 6.92 Å². The van der Waals surface area contributed by atoms with E-state index in [1.807, 2.05) is 25.1 Å². The summed E-state index contributed by atoms with van der Waals surface area (Å²) in [6.45, 7) is 4.16. The lowest BCUT2D eigenvalue weighted by molar-refractivity contribution is -0.144. The molecule has 1 aromatic rings. The molecule has 0 amide bonds. The molecule has 0 fully saturated rings. The maximum Gasteiger partial charge on any atom is 0.314 e. The molecule has 1 atom stereocenters. The van der Waals surface area contributed by atoms with Gasteiger partial charge in [-0.3, -0.25) is 4.79 Å². The number of hydrogen-bond donors (Lipinski definition) is 1. The summed E-state index contributed by atoms with van der Waals surface area (Å²) in [6, 6.07) is 5.65. The second kappa shape index (κ2) is 3.26. The van der Waals surface area contributed by atoms with Crippen LogP contribution in [-0.2, 0) is 10.2 Å². The number of carbonyl (C=O) groups is 1. The Labute approximate surface area is 88.7 Å². The molecule has 1 aliphatic heterocycles. The van der Waals surface area contributed by atoms with Crippen molar-refractivity contribution >= 4 is 5.97 Å². The van der Waals surface area contributed by atoms with Crippen molar-refractivity contribution in [3.63, 3.8) is 0 Å². The van der Waals surface area contributed by atoms with E-state index in [1.165, 1.54) is 0 Å². The van der Waals surface area contributed by atoms with Gasteiger partial charge in [-0.2, -0.15) is 0 Å². The number of rotatable bonds is 1. The van der Waals surface area contributed by atoms with Gasteiger partial charge in [-0.25, -0.2) is 0 Å². The molecule has 1 aliphatic rings. The first-order valence-corrected chi connectivity index (χ1v) is 5.02. The molecular formula is C12H14O3. The van der Waals surface area contributed by atoms with Crippen LogP contribution in [0, 0.1) is 6.92 Å². The van der Waals surface area contributed by atoms with Gasteiger partial charge in [-0.1, -0.05) is 12.1 Å². The van der Waals surface area contributed by atoms with E-state index in [0.29, 0.717) is 18.8 Å². The third-order valence-corrected chi connectivity index (χ3v) is 3.12. The zero-order valence-electron chi connectivity index (χ0n) is 8.91. The van der Waals surface area contributed by atoms with Gasteiger partial charge in [0.25, 0.3) is 0 Å². The number of benzene rings is 1. The molecule has 80 valence electrons. The van der Waals surface area contributed by atoms with E-state index < -0.39 is 11.4 Å². The molecular weight excluding hydrogens is 192 g/mol. The summed E-state index contributed by atoms with van der Waals surface area (Å²) >= 11 is 0. The van der Waals surface area contributed by atoms with Gasteiger partial charge in [-0.15, -0.1) is 0 Å². The SMILES string of the molecule is Cc1cccc2c1C(C)(C(=O)O)CCO2. The van der Waals surface area contributed by atoms with Crippen LogP contribution < -0.4 is 4.74 Å². The molecule has 0 spiro atoms. The number of ether oxygens (including phenoxy) is 1. The minimum Gasteiger partial charge on any atom is -0.493 e. The van der Waals surface area contributed by atoms with Gasteiger partial charge in [0.1, 0.15) is 5.75 Å². The highest BCUT2D eigenvalue weighted by atomic mass is 16.5. The summed E-state index contributed by atoms with van der Waals surface area (Å²) in [4.78, 5) is 11.3. The quantitative estimate of drug-likeness (QED) is 0.765. The summed E-state index contributed by atoms with van der Waals surface area (Å²) in [7, 11) is 0. The Kier molecular flexibility index (Phi) is 2.18. The van der Waals surface area contributed by atoms with E-state index in [4.69, 9.17) is 4.74 Å². The van der Waals surface area contributed by atoms with Crippen molar-refractivity contribution in [1.29, 1.82) is 0 Å². The number of hydrogen-bond acceptors (Lipinski definition) is 2. The molecule has 3 heteroatoms. The molecule has 1 unspecified atom stereocenters. The fourth-order valence-corrected chi connectivity index (χ4v) is 2.17. The third kappa shape index (κ3) is 1.39. The third-order valence-electron chi connectivity index (χ3n) is 3.12. The number of carboxylic acid groups (broad SMARTS) is 1. The maximum absolute atomic E-state index is 11.3. The molecule has 1 N–H and O–H groups in total. The Morgan fingerprint density at radius 2 is 2.27 bits per heavy atom. The predicted molar refractivity (Wildman–Crippen MR) is 56.3 cm³/mol. The Bertz CT molecular complexity index is 411. The van der Waals surface area contributed by atoms with Crippen LogP contribution in [0.15, 0.2) is 18.2 Å². The fourth-order valence-electron chi connectivity index (χ4n) is 2.17. The van der Waals surface area contributed by atoms with Crippen molar-refractivity contribution in [2.45, 2.75) is 25.7 Å². The molecule has 0 saturated carbocycles. The summed E-state index contributed by atoms with van der Waals surface area (Å²) in [5, 5.41) is 9.31. The highest BCUT2D eigenvalue weighted by molar-refractivity contribution is 5.83. The normalized spacial score (nSPS) is 24.1. The molecule has 0 bridgehead atoms. The minimum absolute atomic E-state index is 0.471. The molecule has 0 aromatic heterocycles. The second-order valence-electron chi connectivity index (χ2n) is 4.18. The van der Waals surface area contributed by atoms with Crippen LogP contribution in [-0.4, -0.2) is 17.7 Å². The lowest BCUT2D eigenvalue weighted by Crippen LogP contribution is -2.38. The van der Waals surface area contributed by atoms with Crippen LogP contribution in [0.4, 0.5) is 0 Å². The maximum atomic E-state index is 11.3. The largest absolute Gasteiger partial charge is 0.493 e. The van der Waals surface area contributed by atoms with Crippen LogP contribution in [0.1, 0.15) is 24.5 Å². The first kappa shape index (κ1) is 10.0. The van der Waals surface area contributed by atoms with Gasteiger partial charge < -0.3 is 9.84 Å². The van der Waals surface area contributed by atoms with Gasteiger partial charge in [0.15, 0.2) is 0 Å². The zero-order valence-corrected chi connectivity index (χ0v) is 8.91. The number of carboxylic acids is 1. The van der Waals surface area contributed by atoms with Crippen molar-refractivity contribution in [3.8, 4) is 5.75 Å². The fraction of sp³-hybridized carbons (Fsp3) is 0.417. The Balaban J connectivity index is 2.64. The molecule has 1 aromatic carbocycles. The van der Waals surface area contributed by atoms with Gasteiger partial charge in [-0.05, 0) is 25.5 Å². The summed E-state index contributed by atoms with van der Waals surface area (Å²) < 4.78 is 5.49. The van der Waals surface area contributed by atoms with Crippen LogP contribution in [0.3, 0.4) is 0 Å². The van der Waals surface area contributed by atoms with Gasteiger partial charge in [0.2, 0.25) is 0 Å². The summed E-state index contributed by atoms with van der Waals surface area (Å²) in [5.74, 6) is -0.0625. The van der Waals surface area contributed by atoms with Crippen molar-refractivity contribution in [1.82, 2.24) is 0 Å². The lowest BCUT2D eigenvalue weighted by Gasteiger charge is -2.33. The van der Waals surface area contributed by atoms with Crippen molar-refractivity contribution in [3.05, 3.63) is 29.3 Å². The Hall–Kier alpha value is -1.51. The predicted octanol–water partition coefficient (Wildman–Crippen LogP) is 2.12. The molecule has 15 heavy (non-hydrogen) atoms. The van der Waals surface area contributed by atoms with E-state index in [2.05, 4.69) is 0 Å². The number of fused-ring (bicyclic) bond motifs is 1. The standard InChI is InChI=1S/C12H14O3/c1-8-4-3-5-9-10(8)12(2,11(13)14)6-7-15-9/h3-5H,6-7H2,1-2H3,(H,13,14). The highest BCUT2D eigenvalue weighted by Gasteiger charge is 2.41. The first-order chi connectivity index (χ1) is 7.05. The highest BCUT2D eigenvalue weighted by Crippen LogP contribution is 2.40.